The van der Waals surface area contributed by atoms with Gasteiger partial charge in [0.25, 0.3) is 0 Å². The van der Waals surface area contributed by atoms with Gasteiger partial charge in [0.2, 0.25) is 0 Å². The Morgan fingerprint density at radius 1 is 0.568 bits per heavy atom. The summed E-state index contributed by atoms with van der Waals surface area (Å²) in [6, 6.07) is 63.9. The van der Waals surface area contributed by atoms with Gasteiger partial charge in [-0.25, -0.2) is 0 Å². The van der Waals surface area contributed by atoms with E-state index in [2.05, 4.69) is 216 Å². The van der Waals surface area contributed by atoms with Crippen molar-refractivity contribution in [1.29, 1.82) is 0 Å². The number of ether oxygens (including phenoxy) is 1. The summed E-state index contributed by atoms with van der Waals surface area (Å²) in [5.74, 6) is 1.98. The number of para-hydroxylation sites is 5. The Bertz CT molecular complexity index is 3930. The number of aromatic nitrogens is 3. The topological polar surface area (TPSA) is 38.5 Å². The predicted molar refractivity (Wildman–Crippen MR) is 306 cm³/mol. The standard InChI is InChI=1S/C66H62BN5O.Pt/c1-46(2)38-47-39-56(48-24-12-9-13-25-48)64(57(40-47)49-41-50(65(3,4)5)43-51(42-49)66(6,7)8)70-45-69(58-32-18-19-33-59(58)70)54-30-22-31-55(44-54)73-63-37-23-36-62(68-63)72-61-35-21-20-34-60(61)71(53-28-16-11-17-29-53)67(72)52-26-14-10-15-27-52;/h9-37,39-44,46H,38H2,1-8H3;/i18D,19D,32D,33D;. The van der Waals surface area contributed by atoms with E-state index in [0.717, 1.165) is 56.9 Å². The Labute approximate surface area is 453 Å². The summed E-state index contributed by atoms with van der Waals surface area (Å²) in [7, 11) is 0. The van der Waals surface area contributed by atoms with E-state index in [1.807, 2.05) is 65.2 Å². The van der Waals surface area contributed by atoms with Gasteiger partial charge in [-0.05, 0) is 18.2 Å². The maximum atomic E-state index is 9.79. The Hall–Kier alpha value is -7.47. The van der Waals surface area contributed by atoms with Gasteiger partial charge < -0.3 is 0 Å². The number of benzene rings is 8. The van der Waals surface area contributed by atoms with Crippen LogP contribution in [-0.4, -0.2) is 21.1 Å². The predicted octanol–water partition coefficient (Wildman–Crippen LogP) is 16.5. The molecule has 3 heterocycles. The minimum atomic E-state index is -0.310. The normalized spacial score (nSPS) is 13.5. The first kappa shape index (κ1) is 44.1. The van der Waals surface area contributed by atoms with Crippen molar-refractivity contribution < 1.29 is 29.6 Å². The second kappa shape index (κ2) is 19.8. The Kier molecular flexibility index (Phi) is 11.8. The Morgan fingerprint density at radius 2 is 1.12 bits per heavy atom. The molecule has 0 fully saturated rings. The summed E-state index contributed by atoms with van der Waals surface area (Å²) >= 11 is 2.32. The van der Waals surface area contributed by atoms with Crippen LogP contribution in [0.25, 0.3) is 44.7 Å². The fourth-order valence-electron chi connectivity index (χ4n) is 10.2. The van der Waals surface area contributed by atoms with Crippen LogP contribution in [0, 0.1) is 9.72 Å². The van der Waals surface area contributed by atoms with Gasteiger partial charge in [0, 0.05) is 5.69 Å². The van der Waals surface area contributed by atoms with Gasteiger partial charge in [0.15, 0.2) is 0 Å². The first-order chi connectivity index (χ1) is 37.4. The molecule has 0 unspecified atom stereocenters. The number of rotatable bonds is 11. The summed E-state index contributed by atoms with van der Waals surface area (Å²) < 4.78 is 49.2. The molecule has 74 heavy (non-hydrogen) atoms. The molecule has 6 nitrogen and oxygen atoms in total. The number of imidazole rings is 1. The summed E-state index contributed by atoms with van der Waals surface area (Å²) in [4.78, 5) is 9.84. The van der Waals surface area contributed by atoms with Crippen molar-refractivity contribution in [2.45, 2.75) is 72.6 Å². The van der Waals surface area contributed by atoms with Crippen molar-refractivity contribution in [2.75, 3.05) is 9.62 Å². The van der Waals surface area contributed by atoms with Crippen molar-refractivity contribution >= 4 is 46.4 Å². The van der Waals surface area contributed by atoms with Crippen LogP contribution in [0.15, 0.2) is 212 Å². The monoisotopic (exact) mass is 1150 g/mol. The molecule has 1 aliphatic rings. The molecule has 2 aromatic heterocycles. The van der Waals surface area contributed by atoms with Crippen molar-refractivity contribution in [3.8, 4) is 45.3 Å². The van der Waals surface area contributed by atoms with Gasteiger partial charge in [-0.3, -0.25) is 0 Å². The molecule has 370 valence electrons. The number of hydrogen-bond donors (Lipinski definition) is 0. The Morgan fingerprint density at radius 3 is 1.76 bits per heavy atom. The second-order valence-electron chi connectivity index (χ2n) is 21.7. The van der Waals surface area contributed by atoms with Crippen LogP contribution >= 0.6 is 0 Å². The fourth-order valence-corrected chi connectivity index (χ4v) is 11.3. The van der Waals surface area contributed by atoms with Gasteiger partial charge in [0.1, 0.15) is 0 Å². The van der Waals surface area contributed by atoms with Crippen LogP contribution < -0.4 is 19.8 Å². The summed E-state index contributed by atoms with van der Waals surface area (Å²) in [6.45, 7) is 17.8. The average molecular weight is 1150 g/mol. The molecular formula is C66H62BN5OPt. The zero-order valence-corrected chi connectivity index (χ0v) is 45.5. The molecule has 0 atom stereocenters. The van der Waals surface area contributed by atoms with Crippen LogP contribution in [0.5, 0.6) is 11.6 Å². The summed E-state index contributed by atoms with van der Waals surface area (Å²) in [5, 5.41) is 0. The summed E-state index contributed by atoms with van der Waals surface area (Å²) in [5.41, 5.74) is 13.7. The van der Waals surface area contributed by atoms with Crippen LogP contribution in [0.4, 0.5) is 22.9 Å². The molecule has 10 aromatic rings. The molecule has 0 bridgehead atoms. The molecule has 0 N–H and O–H groups in total. The number of anilines is 4. The third-order valence-corrected chi connectivity index (χ3v) is 14.8. The van der Waals surface area contributed by atoms with E-state index in [9.17, 15) is 4.11 Å². The molecular weight excluding hydrogens is 1080 g/mol. The van der Waals surface area contributed by atoms with E-state index in [0.29, 0.717) is 43.9 Å². The second-order valence-corrected chi connectivity index (χ2v) is 22.7. The van der Waals surface area contributed by atoms with E-state index in [1.165, 1.54) is 16.7 Å². The van der Waals surface area contributed by atoms with Crippen LogP contribution in [0.1, 0.15) is 77.6 Å². The van der Waals surface area contributed by atoms with Crippen molar-refractivity contribution in [2.24, 2.45) is 5.92 Å². The third-order valence-electron chi connectivity index (χ3n) is 13.8. The molecule has 0 radical (unpaired) electrons. The van der Waals surface area contributed by atoms with Gasteiger partial charge in [-0.15, -0.1) is 0 Å². The molecule has 0 amide bonds. The van der Waals surface area contributed by atoms with Gasteiger partial charge in [-0.2, -0.15) is 0 Å². The maximum absolute atomic E-state index is 9.79. The van der Waals surface area contributed by atoms with Crippen molar-refractivity contribution in [3.63, 3.8) is 0 Å². The Balaban J connectivity index is 1.10. The molecule has 0 saturated carbocycles. The average Bonchev–Trinajstić information content (AvgIpc) is 4.02. The van der Waals surface area contributed by atoms with E-state index in [1.54, 1.807) is 0 Å². The van der Waals surface area contributed by atoms with Crippen LogP contribution in [0.2, 0.25) is 0 Å². The molecule has 0 aliphatic carbocycles. The van der Waals surface area contributed by atoms with E-state index < -0.39 is 0 Å². The van der Waals surface area contributed by atoms with E-state index in [4.69, 9.17) is 11.1 Å². The van der Waals surface area contributed by atoms with E-state index in [-0.39, 0.29) is 42.0 Å². The third kappa shape index (κ3) is 9.39. The number of nitrogens with zero attached hydrogens (tertiary/aromatic N) is 5. The van der Waals surface area contributed by atoms with Gasteiger partial charge >= 0.3 is 372 Å². The molecule has 0 saturated heterocycles. The number of hydrogen-bond acceptors (Lipinski definition) is 4. The summed E-state index contributed by atoms with van der Waals surface area (Å²) in [6.07, 6.45) is 0.844. The fraction of sp³-hybridized carbons (Fsp3) is 0.182. The first-order valence-electron chi connectivity index (χ1n) is 27.5. The van der Waals surface area contributed by atoms with E-state index >= 15 is 0 Å². The van der Waals surface area contributed by atoms with Gasteiger partial charge in [0.05, 0.1) is 0 Å². The zero-order chi connectivity index (χ0) is 54.8. The van der Waals surface area contributed by atoms with Crippen LogP contribution in [0.3, 0.4) is 0 Å². The number of fused-ring (bicyclic) bond motifs is 2. The van der Waals surface area contributed by atoms with Crippen molar-refractivity contribution in [1.82, 2.24) is 14.1 Å². The molecule has 8 aromatic carbocycles. The molecule has 1 aliphatic heterocycles. The quantitative estimate of drug-likeness (QED) is 0.121. The SMILES string of the molecule is [2H]c1c([2H])c([2H])c2c(c1[2H])n(-c1cccc(Oc3cccc(N4B(c5ccccc5)N(c5ccccc5)c5ccccc54)n3)c1)[c](=[Pt])n2-c1c(-c2ccccc2)cc(CC(C)C)cc1-c1cc(C(C)(C)C)cc(C(C)(C)C)c1. The molecule has 8 heteroatoms. The minimum absolute atomic E-state index is 0.130. The number of pyridine rings is 1. The van der Waals surface area contributed by atoms with Gasteiger partial charge in [-0.1, -0.05) is 60.7 Å². The zero-order valence-electron chi connectivity index (χ0n) is 47.2. The molecule has 11 rings (SSSR count). The first-order valence-corrected chi connectivity index (χ1v) is 26.6. The van der Waals surface area contributed by atoms with Crippen molar-refractivity contribution in [3.05, 3.63) is 233 Å². The van der Waals surface area contributed by atoms with Crippen LogP contribution in [-0.2, 0) is 36.6 Å². The molecule has 0 spiro atoms.